The first-order chi connectivity index (χ1) is 32.0. The molecule has 0 fully saturated rings. The number of fused-ring (bicyclic) bond motifs is 13. The summed E-state index contributed by atoms with van der Waals surface area (Å²) >= 11 is 0. The molecule has 3 aliphatic rings. The lowest BCUT2D eigenvalue weighted by Gasteiger charge is -2.36. The second-order valence-corrected chi connectivity index (χ2v) is 18.3. The van der Waals surface area contributed by atoms with Crippen molar-refractivity contribution < 1.29 is 0 Å². The quantitative estimate of drug-likeness (QED) is 0.161. The van der Waals surface area contributed by atoms with E-state index in [-0.39, 0.29) is 5.41 Å². The standard InChI is InChI=1S/C64H45N/c1-63(2)54-32-14-12-29-52(54)61-50(30-19-36-58(61)63)49-28-13-18-37-59(49)65(44-39-40-45(42-21-5-3-6-22-42)53(41-44)43-23-7-4-8-24-43)60-38-20-31-51-48-27-11-17-35-57(48)64(62(51)60)55-33-15-9-25-46(55)47-26-10-16-34-56(47)64/h3-41H,1-2H3. The lowest BCUT2D eigenvalue weighted by atomic mass is 9.70. The van der Waals surface area contributed by atoms with Gasteiger partial charge in [0.05, 0.1) is 16.8 Å². The van der Waals surface area contributed by atoms with E-state index < -0.39 is 5.41 Å². The molecule has 0 aliphatic heterocycles. The molecule has 0 heterocycles. The summed E-state index contributed by atoms with van der Waals surface area (Å²) in [6.07, 6.45) is 0. The van der Waals surface area contributed by atoms with Gasteiger partial charge in [-0.15, -0.1) is 0 Å². The minimum Gasteiger partial charge on any atom is -0.309 e. The number of hydrogen-bond acceptors (Lipinski definition) is 1. The van der Waals surface area contributed by atoms with E-state index in [4.69, 9.17) is 0 Å². The molecule has 306 valence electrons. The normalized spacial score (nSPS) is 13.9. The highest BCUT2D eigenvalue weighted by Crippen LogP contribution is 2.66. The molecule has 1 nitrogen and oxygen atoms in total. The van der Waals surface area contributed by atoms with Crippen molar-refractivity contribution in [3.05, 3.63) is 270 Å². The van der Waals surface area contributed by atoms with Crippen LogP contribution in [0.15, 0.2) is 237 Å². The third-order valence-corrected chi connectivity index (χ3v) is 14.7. The van der Waals surface area contributed by atoms with Crippen molar-refractivity contribution in [1.29, 1.82) is 0 Å². The summed E-state index contributed by atoms with van der Waals surface area (Å²) in [5, 5.41) is 0. The number of nitrogens with zero attached hydrogens (tertiary/aromatic N) is 1. The molecule has 13 rings (SSSR count). The summed E-state index contributed by atoms with van der Waals surface area (Å²) in [4.78, 5) is 2.60. The molecule has 3 aliphatic carbocycles. The van der Waals surface area contributed by atoms with Gasteiger partial charge < -0.3 is 4.90 Å². The summed E-state index contributed by atoms with van der Waals surface area (Å²) in [6, 6.07) is 88.4. The Bertz CT molecular complexity index is 3460. The third kappa shape index (κ3) is 5.27. The van der Waals surface area contributed by atoms with Crippen LogP contribution in [0.1, 0.15) is 47.2 Å². The summed E-state index contributed by atoms with van der Waals surface area (Å²) in [5.74, 6) is 0. The van der Waals surface area contributed by atoms with Gasteiger partial charge in [-0.25, -0.2) is 0 Å². The highest BCUT2D eigenvalue weighted by molar-refractivity contribution is 6.03. The van der Waals surface area contributed by atoms with Crippen LogP contribution in [-0.2, 0) is 10.8 Å². The number of para-hydroxylation sites is 1. The van der Waals surface area contributed by atoms with Crippen LogP contribution in [0.5, 0.6) is 0 Å². The van der Waals surface area contributed by atoms with Crippen molar-refractivity contribution in [3.63, 3.8) is 0 Å². The number of benzene rings is 10. The molecular formula is C64H45N. The van der Waals surface area contributed by atoms with Crippen LogP contribution in [0.4, 0.5) is 17.1 Å². The van der Waals surface area contributed by atoms with Gasteiger partial charge in [-0.05, 0) is 113 Å². The number of rotatable bonds is 6. The Kier molecular flexibility index (Phi) is 8.24. The van der Waals surface area contributed by atoms with Crippen molar-refractivity contribution in [3.8, 4) is 66.8 Å². The largest absolute Gasteiger partial charge is 0.309 e. The fraction of sp³-hybridized carbons (Fsp3) is 0.0625. The van der Waals surface area contributed by atoms with Gasteiger partial charge in [-0.1, -0.05) is 226 Å². The molecular weight excluding hydrogens is 783 g/mol. The predicted molar refractivity (Wildman–Crippen MR) is 271 cm³/mol. The maximum absolute atomic E-state index is 2.60. The molecule has 10 aromatic rings. The monoisotopic (exact) mass is 827 g/mol. The molecule has 0 atom stereocenters. The zero-order valence-electron chi connectivity index (χ0n) is 36.5. The Balaban J connectivity index is 1.15. The van der Waals surface area contributed by atoms with Crippen LogP contribution in [0, 0.1) is 0 Å². The van der Waals surface area contributed by atoms with Gasteiger partial charge in [0.2, 0.25) is 0 Å². The van der Waals surface area contributed by atoms with Gasteiger partial charge >= 0.3 is 0 Å². The maximum Gasteiger partial charge on any atom is 0.0746 e. The zero-order chi connectivity index (χ0) is 43.3. The van der Waals surface area contributed by atoms with E-state index in [9.17, 15) is 0 Å². The zero-order valence-corrected chi connectivity index (χ0v) is 36.5. The SMILES string of the molecule is CC1(C)c2ccccc2-c2c(-c3ccccc3N(c3ccc(-c4ccccc4)c(-c4ccccc4)c3)c3cccc4c3C3(c5ccccc5-c5ccccc53)c3ccccc3-4)cccc21. The molecule has 0 aromatic heterocycles. The highest BCUT2D eigenvalue weighted by Gasteiger charge is 2.53. The highest BCUT2D eigenvalue weighted by atomic mass is 15.1. The number of anilines is 3. The van der Waals surface area contributed by atoms with Crippen molar-refractivity contribution in [2.75, 3.05) is 4.90 Å². The Hall–Kier alpha value is -8.00. The van der Waals surface area contributed by atoms with E-state index in [1.165, 1.54) is 100 Å². The van der Waals surface area contributed by atoms with E-state index >= 15 is 0 Å². The van der Waals surface area contributed by atoms with Crippen LogP contribution < -0.4 is 4.90 Å². The first-order valence-corrected chi connectivity index (χ1v) is 22.9. The number of hydrogen-bond donors (Lipinski definition) is 0. The molecule has 0 saturated carbocycles. The Morgan fingerprint density at radius 2 is 0.738 bits per heavy atom. The molecule has 0 bridgehead atoms. The smallest absolute Gasteiger partial charge is 0.0746 e. The van der Waals surface area contributed by atoms with Crippen LogP contribution in [0.3, 0.4) is 0 Å². The molecule has 10 aromatic carbocycles. The van der Waals surface area contributed by atoms with Crippen molar-refractivity contribution in [2.45, 2.75) is 24.7 Å². The van der Waals surface area contributed by atoms with Gasteiger partial charge in [-0.2, -0.15) is 0 Å². The second kappa shape index (κ2) is 14.3. The fourth-order valence-electron chi connectivity index (χ4n) is 12.0. The fourth-order valence-corrected chi connectivity index (χ4v) is 12.0. The average Bonchev–Trinajstić information content (AvgIpc) is 3.94. The van der Waals surface area contributed by atoms with Crippen LogP contribution in [-0.4, -0.2) is 0 Å². The lowest BCUT2D eigenvalue weighted by Crippen LogP contribution is -2.28. The Morgan fingerprint density at radius 1 is 0.292 bits per heavy atom. The summed E-state index contributed by atoms with van der Waals surface area (Å²) in [7, 11) is 0. The first-order valence-electron chi connectivity index (χ1n) is 22.9. The Labute approximate surface area is 381 Å². The van der Waals surface area contributed by atoms with Crippen molar-refractivity contribution in [1.82, 2.24) is 0 Å². The first kappa shape index (κ1) is 37.5. The van der Waals surface area contributed by atoms with Gasteiger partial charge in [0.25, 0.3) is 0 Å². The molecule has 65 heavy (non-hydrogen) atoms. The van der Waals surface area contributed by atoms with Gasteiger partial charge in [0.1, 0.15) is 0 Å². The molecule has 1 heteroatoms. The van der Waals surface area contributed by atoms with E-state index in [1.54, 1.807) is 0 Å². The molecule has 1 spiro atoms. The molecule has 0 unspecified atom stereocenters. The molecule has 0 radical (unpaired) electrons. The molecule has 0 N–H and O–H groups in total. The second-order valence-electron chi connectivity index (χ2n) is 18.3. The lowest BCUT2D eigenvalue weighted by molar-refractivity contribution is 0.660. The van der Waals surface area contributed by atoms with Gasteiger partial charge in [0.15, 0.2) is 0 Å². The van der Waals surface area contributed by atoms with E-state index in [2.05, 4.69) is 255 Å². The Morgan fingerprint density at radius 3 is 1.38 bits per heavy atom. The van der Waals surface area contributed by atoms with Gasteiger partial charge in [0, 0.05) is 22.2 Å². The maximum atomic E-state index is 2.60. The topological polar surface area (TPSA) is 3.24 Å². The van der Waals surface area contributed by atoms with Crippen LogP contribution in [0.2, 0.25) is 0 Å². The van der Waals surface area contributed by atoms with Crippen molar-refractivity contribution >= 4 is 17.1 Å². The third-order valence-electron chi connectivity index (χ3n) is 14.7. The van der Waals surface area contributed by atoms with E-state index in [0.717, 1.165) is 17.1 Å². The minimum atomic E-state index is -0.550. The molecule has 0 amide bonds. The van der Waals surface area contributed by atoms with Crippen LogP contribution >= 0.6 is 0 Å². The summed E-state index contributed by atoms with van der Waals surface area (Å²) in [5.41, 5.74) is 25.8. The van der Waals surface area contributed by atoms with Gasteiger partial charge in [-0.3, -0.25) is 0 Å². The predicted octanol–water partition coefficient (Wildman–Crippen LogP) is 16.8. The van der Waals surface area contributed by atoms with E-state index in [1.807, 2.05) is 0 Å². The minimum absolute atomic E-state index is 0.129. The van der Waals surface area contributed by atoms with E-state index in [0.29, 0.717) is 0 Å². The van der Waals surface area contributed by atoms with Crippen LogP contribution in [0.25, 0.3) is 66.8 Å². The summed E-state index contributed by atoms with van der Waals surface area (Å²) in [6.45, 7) is 4.75. The van der Waals surface area contributed by atoms with Crippen molar-refractivity contribution in [2.24, 2.45) is 0 Å². The summed E-state index contributed by atoms with van der Waals surface area (Å²) < 4.78 is 0. The molecule has 0 saturated heterocycles. The average molecular weight is 828 g/mol.